The molecule has 3 rings (SSSR count). The molecular weight excluding hydrogens is 282 g/mol. The summed E-state index contributed by atoms with van der Waals surface area (Å²) in [5.41, 5.74) is 2.54. The van der Waals surface area contributed by atoms with Crippen LogP contribution in [-0.4, -0.2) is 16.5 Å². The van der Waals surface area contributed by atoms with E-state index in [0.717, 1.165) is 12.4 Å². The topological polar surface area (TPSA) is 37.8 Å². The summed E-state index contributed by atoms with van der Waals surface area (Å²) in [6.45, 7) is 7.42. The largest absolute Gasteiger partial charge is 0.369 e. The van der Waals surface area contributed by atoms with E-state index in [4.69, 9.17) is 0 Å². The van der Waals surface area contributed by atoms with E-state index in [1.165, 1.54) is 21.9 Å². The maximum absolute atomic E-state index is 4.50. The summed E-state index contributed by atoms with van der Waals surface area (Å²) in [6.07, 6.45) is 5.85. The van der Waals surface area contributed by atoms with Crippen molar-refractivity contribution in [2.45, 2.75) is 32.6 Å². The first-order valence-corrected chi connectivity index (χ1v) is 8.17. The third-order valence-electron chi connectivity index (χ3n) is 4.27. The summed E-state index contributed by atoms with van der Waals surface area (Å²) in [4.78, 5) is 8.88. The van der Waals surface area contributed by atoms with Gasteiger partial charge in [0.1, 0.15) is 5.82 Å². The Labute approximate surface area is 137 Å². The minimum Gasteiger partial charge on any atom is -0.369 e. The van der Waals surface area contributed by atoms with E-state index < -0.39 is 0 Å². The summed E-state index contributed by atoms with van der Waals surface area (Å²) in [7, 11) is 0. The van der Waals surface area contributed by atoms with Crippen LogP contribution >= 0.6 is 0 Å². The number of fused-ring (bicyclic) bond motifs is 1. The maximum Gasteiger partial charge on any atom is 0.125 e. The SMILES string of the molecule is CC(C)c1ccc(NCC(C)c2cncc3ccccc23)nc1. The van der Waals surface area contributed by atoms with E-state index >= 15 is 0 Å². The van der Waals surface area contributed by atoms with Crippen LogP contribution < -0.4 is 5.32 Å². The third kappa shape index (κ3) is 3.50. The first kappa shape index (κ1) is 15.5. The van der Waals surface area contributed by atoms with Gasteiger partial charge < -0.3 is 5.32 Å². The van der Waals surface area contributed by atoms with E-state index in [1.807, 2.05) is 18.6 Å². The van der Waals surface area contributed by atoms with Crippen LogP contribution in [0.4, 0.5) is 5.82 Å². The Morgan fingerprint density at radius 2 is 1.78 bits per heavy atom. The summed E-state index contributed by atoms with van der Waals surface area (Å²) >= 11 is 0. The third-order valence-corrected chi connectivity index (χ3v) is 4.27. The smallest absolute Gasteiger partial charge is 0.125 e. The van der Waals surface area contributed by atoms with Crippen LogP contribution in [0.1, 0.15) is 43.7 Å². The minimum atomic E-state index is 0.361. The average molecular weight is 305 g/mol. The van der Waals surface area contributed by atoms with Crippen molar-refractivity contribution in [2.75, 3.05) is 11.9 Å². The molecule has 3 heteroatoms. The molecule has 3 nitrogen and oxygen atoms in total. The molecule has 0 amide bonds. The number of nitrogens with one attached hydrogen (secondary N) is 1. The summed E-state index contributed by atoms with van der Waals surface area (Å²) in [5, 5.41) is 5.90. The van der Waals surface area contributed by atoms with Gasteiger partial charge in [0.05, 0.1) is 0 Å². The predicted octanol–water partition coefficient (Wildman–Crippen LogP) is 4.97. The first-order chi connectivity index (χ1) is 11.1. The lowest BCUT2D eigenvalue weighted by molar-refractivity contribution is 0.802. The van der Waals surface area contributed by atoms with Crippen LogP contribution in [0.5, 0.6) is 0 Å². The van der Waals surface area contributed by atoms with Crippen molar-refractivity contribution in [2.24, 2.45) is 0 Å². The molecule has 0 spiro atoms. The van der Waals surface area contributed by atoms with Gasteiger partial charge in [-0.15, -0.1) is 0 Å². The second-order valence-electron chi connectivity index (χ2n) is 6.36. The molecule has 0 bridgehead atoms. The van der Waals surface area contributed by atoms with Crippen LogP contribution in [0.15, 0.2) is 55.0 Å². The zero-order valence-corrected chi connectivity index (χ0v) is 14.0. The fourth-order valence-electron chi connectivity index (χ4n) is 2.75. The van der Waals surface area contributed by atoms with Gasteiger partial charge in [-0.05, 0) is 28.5 Å². The number of aromatic nitrogens is 2. The first-order valence-electron chi connectivity index (χ1n) is 8.17. The molecule has 0 saturated heterocycles. The van der Waals surface area contributed by atoms with Gasteiger partial charge in [0.15, 0.2) is 0 Å². The lowest BCUT2D eigenvalue weighted by Crippen LogP contribution is -2.11. The Balaban J connectivity index is 1.72. The number of benzene rings is 1. The molecule has 0 aliphatic rings. The summed E-state index contributed by atoms with van der Waals surface area (Å²) in [6, 6.07) is 12.6. The Morgan fingerprint density at radius 3 is 2.52 bits per heavy atom. The van der Waals surface area contributed by atoms with Gasteiger partial charge in [-0.2, -0.15) is 0 Å². The van der Waals surface area contributed by atoms with Gasteiger partial charge >= 0.3 is 0 Å². The number of pyridine rings is 2. The maximum atomic E-state index is 4.50. The highest BCUT2D eigenvalue weighted by Crippen LogP contribution is 2.24. The molecule has 0 radical (unpaired) electrons. The standard InChI is InChI=1S/C20H23N3/c1-14(2)16-8-9-20(23-12-16)22-10-15(3)19-13-21-11-17-6-4-5-7-18(17)19/h4-9,11-15H,10H2,1-3H3,(H,22,23). The lowest BCUT2D eigenvalue weighted by Gasteiger charge is -2.16. The molecule has 0 aliphatic carbocycles. The Kier molecular flexibility index (Phi) is 4.56. The zero-order valence-electron chi connectivity index (χ0n) is 14.0. The van der Waals surface area contributed by atoms with Crippen molar-refractivity contribution in [1.29, 1.82) is 0 Å². The number of hydrogen-bond donors (Lipinski definition) is 1. The number of hydrogen-bond acceptors (Lipinski definition) is 3. The van der Waals surface area contributed by atoms with Crippen molar-refractivity contribution >= 4 is 16.6 Å². The van der Waals surface area contributed by atoms with Gasteiger partial charge in [-0.25, -0.2) is 4.98 Å². The number of nitrogens with zero attached hydrogens (tertiary/aromatic N) is 2. The number of anilines is 1. The molecule has 0 fully saturated rings. The fourth-order valence-corrected chi connectivity index (χ4v) is 2.75. The Morgan fingerprint density at radius 1 is 0.957 bits per heavy atom. The van der Waals surface area contributed by atoms with Crippen LogP contribution in [0.2, 0.25) is 0 Å². The van der Waals surface area contributed by atoms with Crippen molar-refractivity contribution in [3.8, 4) is 0 Å². The molecule has 118 valence electrons. The highest BCUT2D eigenvalue weighted by molar-refractivity contribution is 5.85. The fraction of sp³-hybridized carbons (Fsp3) is 0.300. The Hall–Kier alpha value is -2.42. The summed E-state index contributed by atoms with van der Waals surface area (Å²) < 4.78 is 0. The van der Waals surface area contributed by atoms with Crippen molar-refractivity contribution in [1.82, 2.24) is 9.97 Å². The minimum absolute atomic E-state index is 0.361. The monoisotopic (exact) mass is 305 g/mol. The van der Waals surface area contributed by atoms with Crippen molar-refractivity contribution < 1.29 is 0 Å². The van der Waals surface area contributed by atoms with Crippen LogP contribution in [0.3, 0.4) is 0 Å². The molecule has 1 aromatic carbocycles. The van der Waals surface area contributed by atoms with Gasteiger partial charge in [0, 0.05) is 36.4 Å². The molecule has 1 unspecified atom stereocenters. The van der Waals surface area contributed by atoms with E-state index in [9.17, 15) is 0 Å². The van der Waals surface area contributed by atoms with Gasteiger partial charge in [-0.1, -0.05) is 51.1 Å². The molecule has 1 N–H and O–H groups in total. The molecule has 1 atom stereocenters. The van der Waals surface area contributed by atoms with E-state index in [2.05, 4.69) is 72.5 Å². The molecule has 2 aromatic heterocycles. The van der Waals surface area contributed by atoms with Crippen LogP contribution in [0.25, 0.3) is 10.8 Å². The molecule has 0 aliphatic heterocycles. The van der Waals surface area contributed by atoms with Crippen LogP contribution in [0, 0.1) is 0 Å². The second kappa shape index (κ2) is 6.78. The zero-order chi connectivity index (χ0) is 16.2. The van der Waals surface area contributed by atoms with Gasteiger partial charge in [-0.3, -0.25) is 4.98 Å². The average Bonchev–Trinajstić information content (AvgIpc) is 2.59. The molecule has 23 heavy (non-hydrogen) atoms. The highest BCUT2D eigenvalue weighted by atomic mass is 15.0. The van der Waals surface area contributed by atoms with Crippen molar-refractivity contribution in [3.05, 3.63) is 66.1 Å². The normalized spacial score (nSPS) is 12.5. The molecule has 3 aromatic rings. The quantitative estimate of drug-likeness (QED) is 0.723. The molecule has 0 saturated carbocycles. The highest BCUT2D eigenvalue weighted by Gasteiger charge is 2.10. The second-order valence-corrected chi connectivity index (χ2v) is 6.36. The summed E-state index contributed by atoms with van der Waals surface area (Å²) in [5.74, 6) is 1.80. The van der Waals surface area contributed by atoms with E-state index in [-0.39, 0.29) is 0 Å². The number of rotatable bonds is 5. The van der Waals surface area contributed by atoms with Crippen molar-refractivity contribution in [3.63, 3.8) is 0 Å². The molecule has 2 heterocycles. The lowest BCUT2D eigenvalue weighted by atomic mass is 9.97. The van der Waals surface area contributed by atoms with Gasteiger partial charge in [0.2, 0.25) is 0 Å². The molecular formula is C20H23N3. The van der Waals surface area contributed by atoms with E-state index in [0.29, 0.717) is 11.8 Å². The van der Waals surface area contributed by atoms with Crippen LogP contribution in [-0.2, 0) is 0 Å². The predicted molar refractivity (Wildman–Crippen MR) is 97.0 cm³/mol. The van der Waals surface area contributed by atoms with E-state index in [1.54, 1.807) is 0 Å². The Bertz CT molecular complexity index is 773. The van der Waals surface area contributed by atoms with Gasteiger partial charge in [0.25, 0.3) is 0 Å².